The molecule has 0 bridgehead atoms. The summed E-state index contributed by atoms with van der Waals surface area (Å²) in [6, 6.07) is 60.9. The summed E-state index contributed by atoms with van der Waals surface area (Å²) in [7, 11) is -1.57. The van der Waals surface area contributed by atoms with Crippen LogP contribution in [-0.4, -0.2) is 16.5 Å². The minimum atomic E-state index is -0.783. The third kappa shape index (κ3) is 10.4. The van der Waals surface area contributed by atoms with Crippen LogP contribution in [0.15, 0.2) is 170 Å². The third-order valence-electron chi connectivity index (χ3n) is 7.66. The third-order valence-corrected chi connectivity index (χ3v) is 14.3. The molecule has 0 aliphatic heterocycles. The SMILES string of the molecule is Cc1ccc([N-][C](=[Pt])Nc2ccc(C)cc2)cc1.c1ccc([PH+](CC[PH+](c2ccccc2)c2ccccc2)c2ccccc2)cc1. The van der Waals surface area contributed by atoms with Crippen molar-refractivity contribution in [2.45, 2.75) is 13.8 Å². The van der Waals surface area contributed by atoms with Crippen molar-refractivity contribution in [3.8, 4) is 0 Å². The quantitative estimate of drug-likeness (QED) is 0.130. The van der Waals surface area contributed by atoms with E-state index in [9.17, 15) is 0 Å². The molecular formula is C41H41N2P2Pt+. The predicted octanol–water partition coefficient (Wildman–Crippen LogP) is 8.77. The van der Waals surface area contributed by atoms with Gasteiger partial charge < -0.3 is 0 Å². The van der Waals surface area contributed by atoms with Gasteiger partial charge >= 0.3 is 119 Å². The van der Waals surface area contributed by atoms with E-state index in [1.807, 2.05) is 12.1 Å². The molecule has 6 rings (SSSR count). The Bertz CT molecular complexity index is 1540. The van der Waals surface area contributed by atoms with Crippen molar-refractivity contribution >= 4 is 52.6 Å². The Morgan fingerprint density at radius 1 is 0.478 bits per heavy atom. The maximum atomic E-state index is 4.51. The van der Waals surface area contributed by atoms with Crippen LogP contribution in [0, 0.1) is 13.8 Å². The second-order valence-electron chi connectivity index (χ2n) is 11.1. The summed E-state index contributed by atoms with van der Waals surface area (Å²) in [5.41, 5.74) is 4.52. The summed E-state index contributed by atoms with van der Waals surface area (Å²) >= 11 is 2.19. The van der Waals surface area contributed by atoms with Gasteiger partial charge in [-0.25, -0.2) is 0 Å². The van der Waals surface area contributed by atoms with Crippen LogP contribution in [0.2, 0.25) is 0 Å². The van der Waals surface area contributed by atoms with Crippen LogP contribution in [0.3, 0.4) is 0 Å². The average molecular weight is 819 g/mol. The van der Waals surface area contributed by atoms with E-state index in [0.29, 0.717) is 0 Å². The summed E-state index contributed by atoms with van der Waals surface area (Å²) < 4.78 is 0.864. The van der Waals surface area contributed by atoms with E-state index in [-0.39, 0.29) is 0 Å². The fourth-order valence-electron chi connectivity index (χ4n) is 5.22. The molecule has 1 N–H and O–H groups in total. The Labute approximate surface area is 288 Å². The molecule has 46 heavy (non-hydrogen) atoms. The van der Waals surface area contributed by atoms with E-state index < -0.39 is 15.8 Å². The topological polar surface area (TPSA) is 26.1 Å². The zero-order valence-electron chi connectivity index (χ0n) is 26.3. The molecular weight excluding hydrogens is 777 g/mol. The molecule has 6 aromatic rings. The molecule has 6 aromatic carbocycles. The second-order valence-corrected chi connectivity index (χ2v) is 17.4. The largest absolute Gasteiger partial charge is 0.101 e. The minimum absolute atomic E-state index is 0.783. The van der Waals surface area contributed by atoms with Gasteiger partial charge in [-0.15, -0.1) is 0 Å². The van der Waals surface area contributed by atoms with E-state index >= 15 is 0 Å². The van der Waals surface area contributed by atoms with Gasteiger partial charge in [0.25, 0.3) is 0 Å². The number of anilines is 1. The van der Waals surface area contributed by atoms with Crippen molar-refractivity contribution < 1.29 is 19.4 Å². The van der Waals surface area contributed by atoms with Gasteiger partial charge in [0.1, 0.15) is 12.3 Å². The zero-order chi connectivity index (χ0) is 32.0. The number of nitrogens with zero attached hydrogens (tertiary/aromatic N) is 1. The van der Waals surface area contributed by atoms with Gasteiger partial charge in [-0.2, -0.15) is 0 Å². The number of aryl methyl sites for hydroxylation is 2. The van der Waals surface area contributed by atoms with E-state index in [1.165, 1.54) is 44.7 Å². The monoisotopic (exact) mass is 818 g/mol. The first-order valence-electron chi connectivity index (χ1n) is 15.6. The van der Waals surface area contributed by atoms with Crippen LogP contribution in [0.4, 0.5) is 11.4 Å². The van der Waals surface area contributed by atoms with E-state index in [2.05, 4.69) is 202 Å². The van der Waals surface area contributed by atoms with Crippen LogP contribution in [0.1, 0.15) is 11.1 Å². The molecule has 2 nitrogen and oxygen atoms in total. The molecule has 5 heteroatoms. The first-order chi connectivity index (χ1) is 22.5. The van der Waals surface area contributed by atoms with Crippen molar-refractivity contribution in [2.24, 2.45) is 0 Å². The summed E-state index contributed by atoms with van der Waals surface area (Å²) in [6.07, 6.45) is 2.52. The van der Waals surface area contributed by atoms with Crippen molar-refractivity contribution in [2.75, 3.05) is 17.6 Å². The second kappa shape index (κ2) is 17.9. The molecule has 0 spiro atoms. The first kappa shape index (κ1) is 33.7. The maximum absolute atomic E-state index is 4.51. The Kier molecular flexibility index (Phi) is 13.1. The van der Waals surface area contributed by atoms with Crippen LogP contribution in [-0.2, 0) is 19.4 Å². The summed E-state index contributed by atoms with van der Waals surface area (Å²) in [6.45, 7) is 4.15. The Hall–Kier alpha value is -3.66. The molecule has 234 valence electrons. The van der Waals surface area contributed by atoms with E-state index in [4.69, 9.17) is 0 Å². The molecule has 0 saturated carbocycles. The molecule has 0 saturated heterocycles. The molecule has 0 radical (unpaired) electrons. The van der Waals surface area contributed by atoms with Gasteiger partial charge in [0.15, 0.2) is 0 Å². The number of hydrogen-bond acceptors (Lipinski definition) is 1. The van der Waals surface area contributed by atoms with Crippen LogP contribution in [0.5, 0.6) is 0 Å². The smallest absolute Gasteiger partial charge is 0.0620 e. The van der Waals surface area contributed by atoms with Gasteiger partial charge in [-0.1, -0.05) is 72.8 Å². The number of nitrogens with one attached hydrogen (secondary N) is 1. The number of benzene rings is 6. The van der Waals surface area contributed by atoms with E-state index in [1.54, 1.807) is 0 Å². The summed E-state index contributed by atoms with van der Waals surface area (Å²) in [5.74, 6) is 0. The molecule has 0 heterocycles. The predicted molar refractivity (Wildman–Crippen MR) is 205 cm³/mol. The molecule has 0 fully saturated rings. The van der Waals surface area contributed by atoms with Gasteiger partial charge in [-0.3, -0.25) is 0 Å². The fraction of sp³-hybridized carbons (Fsp3) is 0.0976. The normalized spacial score (nSPS) is 10.7. The van der Waals surface area contributed by atoms with Gasteiger partial charge in [0.2, 0.25) is 0 Å². The fourth-order valence-corrected chi connectivity index (χ4v) is 12.0. The van der Waals surface area contributed by atoms with Crippen LogP contribution in [0.25, 0.3) is 5.32 Å². The molecule has 0 atom stereocenters. The minimum Gasteiger partial charge on any atom is -0.0620 e. The standard InChI is InChI=1S/C26H24P2.C15H15N2.Pt/c1-5-13-23(14-6-1)27(24-15-7-2-8-16-24)21-22-28(25-17-9-3-10-18-25)26-19-11-4-12-20-26;1-12-3-7-14(8-4-12)16-11-17-15-9-5-13(2)6-10-15;/h1-20H,21-22H2;3-10,16H,1-2H3;/q;-1;/p+2. The Morgan fingerprint density at radius 2 is 0.804 bits per heavy atom. The molecule has 0 aromatic heterocycles. The van der Waals surface area contributed by atoms with Crippen molar-refractivity contribution in [1.29, 1.82) is 0 Å². The molecule has 0 aliphatic carbocycles. The van der Waals surface area contributed by atoms with Gasteiger partial charge in [-0.05, 0) is 48.5 Å². The number of hydrogen-bond donors (Lipinski definition) is 1. The first-order valence-corrected chi connectivity index (χ1v) is 20.1. The van der Waals surface area contributed by atoms with Gasteiger partial charge in [0, 0.05) is 0 Å². The average Bonchev–Trinajstić information content (AvgIpc) is 3.11. The van der Waals surface area contributed by atoms with Crippen molar-refractivity contribution in [3.05, 3.63) is 186 Å². The zero-order valence-corrected chi connectivity index (χ0v) is 30.6. The Balaban J connectivity index is 0.000000200. The van der Waals surface area contributed by atoms with Crippen LogP contribution >= 0.6 is 15.8 Å². The van der Waals surface area contributed by atoms with Crippen LogP contribution < -0.4 is 26.5 Å². The summed E-state index contributed by atoms with van der Waals surface area (Å²) in [4.78, 5) is 0. The van der Waals surface area contributed by atoms with Gasteiger partial charge in [0.05, 0.1) is 37.1 Å². The maximum Gasteiger partial charge on any atom is 0.101 e. The molecule has 0 aliphatic rings. The van der Waals surface area contributed by atoms with E-state index in [0.717, 1.165) is 15.5 Å². The van der Waals surface area contributed by atoms with Crippen molar-refractivity contribution in [3.63, 3.8) is 0 Å². The number of rotatable bonds is 11. The van der Waals surface area contributed by atoms with Crippen molar-refractivity contribution in [1.82, 2.24) is 0 Å². The molecule has 0 amide bonds. The Morgan fingerprint density at radius 3 is 1.15 bits per heavy atom. The summed E-state index contributed by atoms with van der Waals surface area (Å²) in [5, 5.41) is 13.8. The molecule has 0 unspecified atom stereocenters.